The molecular weight excluding hydrogens is 286 g/mol. The zero-order chi connectivity index (χ0) is 15.8. The second kappa shape index (κ2) is 5.25. The van der Waals surface area contributed by atoms with Crippen molar-refractivity contribution in [3.8, 4) is 0 Å². The predicted octanol–water partition coefficient (Wildman–Crippen LogP) is 4.13. The molecule has 23 heavy (non-hydrogen) atoms. The highest BCUT2D eigenvalue weighted by Crippen LogP contribution is 2.25. The van der Waals surface area contributed by atoms with Crippen LogP contribution >= 0.6 is 0 Å². The van der Waals surface area contributed by atoms with Crippen LogP contribution in [0.25, 0.3) is 21.8 Å². The molecular formula is C19H15N3O. The summed E-state index contributed by atoms with van der Waals surface area (Å²) in [4.78, 5) is 19.2. The molecule has 2 aromatic carbocycles. The van der Waals surface area contributed by atoms with Crippen molar-refractivity contribution in [1.29, 1.82) is 0 Å². The van der Waals surface area contributed by atoms with Crippen LogP contribution in [0.1, 0.15) is 5.56 Å². The molecule has 0 bridgehead atoms. The molecule has 0 aliphatic rings. The average molecular weight is 301 g/mol. The number of H-pyrrole nitrogens is 1. The summed E-state index contributed by atoms with van der Waals surface area (Å²) in [7, 11) is 0. The lowest BCUT2D eigenvalue weighted by atomic mass is 10.1. The zero-order valence-electron chi connectivity index (χ0n) is 12.6. The van der Waals surface area contributed by atoms with Gasteiger partial charge in [0, 0.05) is 33.7 Å². The third-order valence-corrected chi connectivity index (χ3v) is 3.93. The summed E-state index contributed by atoms with van der Waals surface area (Å²) in [5, 5.41) is 5.88. The molecule has 0 atom stereocenters. The van der Waals surface area contributed by atoms with Crippen LogP contribution in [0, 0.1) is 6.92 Å². The summed E-state index contributed by atoms with van der Waals surface area (Å²) in [6, 6.07) is 17.8. The molecule has 112 valence electrons. The third kappa shape index (κ3) is 2.44. The monoisotopic (exact) mass is 301 g/mol. The summed E-state index contributed by atoms with van der Waals surface area (Å²) in [6.07, 6.45) is 1.68. The molecule has 0 saturated heterocycles. The fraction of sp³-hybridized carbons (Fsp3) is 0.0526. The fourth-order valence-electron chi connectivity index (χ4n) is 2.74. The third-order valence-electron chi connectivity index (χ3n) is 3.93. The Bertz CT molecular complexity index is 1070. The van der Waals surface area contributed by atoms with Crippen LogP contribution in [0.5, 0.6) is 0 Å². The van der Waals surface area contributed by atoms with E-state index in [-0.39, 0.29) is 5.56 Å². The minimum Gasteiger partial charge on any atom is -0.356 e. The minimum atomic E-state index is -0.118. The molecule has 0 radical (unpaired) electrons. The van der Waals surface area contributed by atoms with E-state index in [9.17, 15) is 4.79 Å². The van der Waals surface area contributed by atoms with E-state index in [2.05, 4.69) is 34.3 Å². The van der Waals surface area contributed by atoms with E-state index in [1.807, 2.05) is 42.5 Å². The molecule has 0 aliphatic heterocycles. The summed E-state index contributed by atoms with van der Waals surface area (Å²) < 4.78 is 0. The van der Waals surface area contributed by atoms with Crippen LogP contribution < -0.4 is 10.9 Å². The maximum atomic E-state index is 12.2. The van der Waals surface area contributed by atoms with Gasteiger partial charge >= 0.3 is 0 Å². The van der Waals surface area contributed by atoms with Gasteiger partial charge in [-0.2, -0.15) is 0 Å². The van der Waals surface area contributed by atoms with E-state index < -0.39 is 0 Å². The van der Waals surface area contributed by atoms with Crippen molar-refractivity contribution >= 4 is 33.2 Å². The first kappa shape index (κ1) is 13.5. The Morgan fingerprint density at radius 3 is 2.52 bits per heavy atom. The molecule has 4 rings (SSSR count). The molecule has 4 aromatic rings. The lowest BCUT2D eigenvalue weighted by Gasteiger charge is -2.09. The van der Waals surface area contributed by atoms with Crippen LogP contribution in [0.4, 0.5) is 11.4 Å². The number of fused-ring (bicyclic) bond motifs is 3. The standard InChI is InChI=1S/C19H15N3O/c1-12-4-6-13(7-5-12)21-14-8-9-16-17(11-14)15-3-2-10-20-18(15)22-19(16)23/h2-11,21H,1H3,(H,20,22,23). The van der Waals surface area contributed by atoms with Gasteiger partial charge in [0.15, 0.2) is 0 Å². The Morgan fingerprint density at radius 1 is 0.913 bits per heavy atom. The molecule has 0 unspecified atom stereocenters. The average Bonchev–Trinajstić information content (AvgIpc) is 2.57. The highest BCUT2D eigenvalue weighted by atomic mass is 16.1. The van der Waals surface area contributed by atoms with Crippen molar-refractivity contribution in [2.24, 2.45) is 0 Å². The molecule has 4 nitrogen and oxygen atoms in total. The van der Waals surface area contributed by atoms with Gasteiger partial charge in [0.25, 0.3) is 5.56 Å². The SMILES string of the molecule is Cc1ccc(Nc2ccc3c(=O)[nH]c4ncccc4c3c2)cc1. The number of nitrogens with zero attached hydrogens (tertiary/aromatic N) is 1. The molecule has 2 aromatic heterocycles. The van der Waals surface area contributed by atoms with Crippen molar-refractivity contribution in [1.82, 2.24) is 9.97 Å². The lowest BCUT2D eigenvalue weighted by Crippen LogP contribution is -2.07. The number of hydrogen-bond acceptors (Lipinski definition) is 3. The Kier molecular flexibility index (Phi) is 3.08. The largest absolute Gasteiger partial charge is 0.356 e. The van der Waals surface area contributed by atoms with Gasteiger partial charge in [0.05, 0.1) is 0 Å². The van der Waals surface area contributed by atoms with Gasteiger partial charge in [-0.25, -0.2) is 4.98 Å². The summed E-state index contributed by atoms with van der Waals surface area (Å²) in [6.45, 7) is 2.06. The number of pyridine rings is 2. The molecule has 4 heteroatoms. The Hall–Kier alpha value is -3.14. The second-order valence-corrected chi connectivity index (χ2v) is 5.61. The normalized spacial score (nSPS) is 11.0. The van der Waals surface area contributed by atoms with Crippen LogP contribution in [0.2, 0.25) is 0 Å². The van der Waals surface area contributed by atoms with Crippen LogP contribution in [-0.4, -0.2) is 9.97 Å². The van der Waals surface area contributed by atoms with Gasteiger partial charge in [-0.3, -0.25) is 4.79 Å². The zero-order valence-corrected chi connectivity index (χ0v) is 12.6. The number of nitrogens with one attached hydrogen (secondary N) is 2. The molecule has 2 heterocycles. The van der Waals surface area contributed by atoms with Crippen molar-refractivity contribution in [3.63, 3.8) is 0 Å². The van der Waals surface area contributed by atoms with Gasteiger partial charge in [-0.05, 0) is 49.4 Å². The predicted molar refractivity (Wildman–Crippen MR) is 94.3 cm³/mol. The number of aromatic amines is 1. The first-order chi connectivity index (χ1) is 11.2. The van der Waals surface area contributed by atoms with Crippen molar-refractivity contribution in [2.75, 3.05) is 5.32 Å². The summed E-state index contributed by atoms with van der Waals surface area (Å²) >= 11 is 0. The summed E-state index contributed by atoms with van der Waals surface area (Å²) in [5.74, 6) is 0. The molecule has 0 amide bonds. The van der Waals surface area contributed by atoms with E-state index in [1.54, 1.807) is 6.20 Å². The van der Waals surface area contributed by atoms with Crippen LogP contribution in [-0.2, 0) is 0 Å². The highest BCUT2D eigenvalue weighted by molar-refractivity contribution is 6.05. The molecule has 2 N–H and O–H groups in total. The number of aromatic nitrogens is 2. The smallest absolute Gasteiger partial charge is 0.257 e. The van der Waals surface area contributed by atoms with Crippen LogP contribution in [0.15, 0.2) is 65.6 Å². The second-order valence-electron chi connectivity index (χ2n) is 5.61. The first-order valence-electron chi connectivity index (χ1n) is 7.45. The lowest BCUT2D eigenvalue weighted by molar-refractivity contribution is 1.25. The Balaban J connectivity index is 1.88. The van der Waals surface area contributed by atoms with E-state index in [0.29, 0.717) is 11.0 Å². The van der Waals surface area contributed by atoms with Crippen molar-refractivity contribution < 1.29 is 0 Å². The highest BCUT2D eigenvalue weighted by Gasteiger charge is 2.06. The quantitative estimate of drug-likeness (QED) is 0.547. The molecule has 0 aliphatic carbocycles. The Labute approximate surface area is 132 Å². The van der Waals surface area contributed by atoms with Gasteiger partial charge < -0.3 is 10.3 Å². The number of benzene rings is 2. The molecule has 0 spiro atoms. The Morgan fingerprint density at radius 2 is 1.70 bits per heavy atom. The maximum Gasteiger partial charge on any atom is 0.257 e. The number of anilines is 2. The van der Waals surface area contributed by atoms with Gasteiger partial charge in [-0.15, -0.1) is 0 Å². The summed E-state index contributed by atoms with van der Waals surface area (Å²) in [5.41, 5.74) is 3.67. The number of aryl methyl sites for hydroxylation is 1. The fourth-order valence-corrected chi connectivity index (χ4v) is 2.74. The maximum absolute atomic E-state index is 12.2. The van der Waals surface area contributed by atoms with Crippen LogP contribution in [0.3, 0.4) is 0 Å². The van der Waals surface area contributed by atoms with E-state index in [0.717, 1.165) is 22.1 Å². The first-order valence-corrected chi connectivity index (χ1v) is 7.45. The van der Waals surface area contributed by atoms with Gasteiger partial charge in [0.2, 0.25) is 0 Å². The minimum absolute atomic E-state index is 0.118. The van der Waals surface area contributed by atoms with E-state index in [4.69, 9.17) is 0 Å². The molecule has 0 saturated carbocycles. The number of rotatable bonds is 2. The molecule has 0 fully saturated rings. The number of hydrogen-bond donors (Lipinski definition) is 2. The topological polar surface area (TPSA) is 57.8 Å². The van der Waals surface area contributed by atoms with E-state index >= 15 is 0 Å². The van der Waals surface area contributed by atoms with Crippen molar-refractivity contribution in [3.05, 3.63) is 76.7 Å². The van der Waals surface area contributed by atoms with Crippen molar-refractivity contribution in [2.45, 2.75) is 6.92 Å². The van der Waals surface area contributed by atoms with Gasteiger partial charge in [-0.1, -0.05) is 17.7 Å². The van der Waals surface area contributed by atoms with E-state index in [1.165, 1.54) is 5.56 Å². The van der Waals surface area contributed by atoms with Gasteiger partial charge in [0.1, 0.15) is 5.65 Å².